The van der Waals surface area contributed by atoms with E-state index in [1.807, 2.05) is 67.6 Å². The van der Waals surface area contributed by atoms with Gasteiger partial charge in [-0.2, -0.15) is 0 Å². The van der Waals surface area contributed by atoms with Crippen molar-refractivity contribution in [3.05, 3.63) is 71.8 Å². The molecule has 5 nitrogen and oxygen atoms in total. The molecule has 2 bridgehead atoms. The van der Waals surface area contributed by atoms with Crippen LogP contribution >= 0.6 is 0 Å². The third-order valence-electron chi connectivity index (χ3n) is 6.30. The van der Waals surface area contributed by atoms with E-state index in [4.69, 9.17) is 4.74 Å². The Morgan fingerprint density at radius 1 is 1.07 bits per heavy atom. The second-order valence-electron chi connectivity index (χ2n) is 7.72. The third kappa shape index (κ3) is 3.10. The Bertz CT molecular complexity index is 843. The molecular weight excluding hydrogens is 352 g/mol. The number of carbonyl (C=O) groups excluding carboxylic acids is 2. The molecule has 146 valence electrons. The Kier molecular flexibility index (Phi) is 4.94. The van der Waals surface area contributed by atoms with Crippen molar-refractivity contribution in [3.8, 4) is 0 Å². The summed E-state index contributed by atoms with van der Waals surface area (Å²) in [6, 6.07) is 19.6. The minimum atomic E-state index is -0.559. The predicted molar refractivity (Wildman–Crippen MR) is 106 cm³/mol. The average Bonchev–Trinajstić information content (AvgIpc) is 2.76. The molecule has 5 heteroatoms. The normalized spacial score (nSPS) is 26.3. The minimum absolute atomic E-state index is 0.00742. The number of rotatable bonds is 6. The fourth-order valence-corrected chi connectivity index (χ4v) is 4.52. The smallest absolute Gasteiger partial charge is 0.326 e. The standard InChI is InChI=1S/C23H26N2O3/c1-2-22-13-14-23(17-24-22,19-11-7-4-8-12-19)25(21(22)27)15-20(26)28-16-18-9-5-3-6-10-18/h3-12,24H,2,13-17H2,1H3. The number of esters is 1. The van der Waals surface area contributed by atoms with Gasteiger partial charge in [0.25, 0.3) is 0 Å². The zero-order chi connectivity index (χ0) is 19.6. The molecule has 0 saturated carbocycles. The molecule has 3 saturated heterocycles. The van der Waals surface area contributed by atoms with Crippen molar-refractivity contribution < 1.29 is 14.3 Å². The van der Waals surface area contributed by atoms with Crippen molar-refractivity contribution in [1.29, 1.82) is 0 Å². The topological polar surface area (TPSA) is 58.6 Å². The molecule has 3 fully saturated rings. The van der Waals surface area contributed by atoms with Gasteiger partial charge in [-0.3, -0.25) is 9.59 Å². The molecule has 2 atom stereocenters. The van der Waals surface area contributed by atoms with Crippen LogP contribution < -0.4 is 5.32 Å². The van der Waals surface area contributed by atoms with Gasteiger partial charge in [0.05, 0.1) is 11.1 Å². The molecule has 0 aliphatic carbocycles. The average molecular weight is 378 g/mol. The van der Waals surface area contributed by atoms with Gasteiger partial charge < -0.3 is 15.0 Å². The van der Waals surface area contributed by atoms with Gasteiger partial charge in [0.15, 0.2) is 0 Å². The number of nitrogens with zero attached hydrogens (tertiary/aromatic N) is 1. The highest BCUT2D eigenvalue weighted by molar-refractivity contribution is 5.92. The molecule has 1 amide bonds. The van der Waals surface area contributed by atoms with Crippen LogP contribution in [-0.2, 0) is 26.5 Å². The second kappa shape index (κ2) is 7.40. The van der Waals surface area contributed by atoms with Gasteiger partial charge in [0, 0.05) is 6.54 Å². The number of hydrogen-bond acceptors (Lipinski definition) is 4. The fraction of sp³-hybridized carbons (Fsp3) is 0.391. The monoisotopic (exact) mass is 378 g/mol. The SMILES string of the molecule is CCC12CCC(c3ccccc3)(CN1)N(CC(=O)OCc1ccccc1)C2=O. The summed E-state index contributed by atoms with van der Waals surface area (Å²) < 4.78 is 5.48. The molecule has 3 heterocycles. The van der Waals surface area contributed by atoms with E-state index in [-0.39, 0.29) is 25.0 Å². The maximum absolute atomic E-state index is 13.4. The molecule has 3 aliphatic rings. The lowest BCUT2D eigenvalue weighted by Gasteiger charge is -2.59. The number of benzene rings is 2. The van der Waals surface area contributed by atoms with Crippen LogP contribution in [0.4, 0.5) is 0 Å². The van der Waals surface area contributed by atoms with E-state index < -0.39 is 11.1 Å². The molecule has 2 aromatic rings. The van der Waals surface area contributed by atoms with Gasteiger partial charge in [-0.15, -0.1) is 0 Å². The summed E-state index contributed by atoms with van der Waals surface area (Å²) in [6.45, 7) is 2.88. The van der Waals surface area contributed by atoms with E-state index in [0.717, 1.165) is 24.0 Å². The highest BCUT2D eigenvalue weighted by atomic mass is 16.5. The van der Waals surface area contributed by atoms with E-state index in [9.17, 15) is 9.59 Å². The number of piperidine rings is 2. The number of amides is 1. The summed E-state index contributed by atoms with van der Waals surface area (Å²) in [5.74, 6) is -0.362. The van der Waals surface area contributed by atoms with Crippen molar-refractivity contribution in [2.45, 2.75) is 43.9 Å². The summed E-state index contributed by atoms with van der Waals surface area (Å²) in [4.78, 5) is 27.8. The number of piperazine rings is 1. The Hall–Kier alpha value is -2.66. The van der Waals surface area contributed by atoms with Gasteiger partial charge in [0.2, 0.25) is 5.91 Å². The van der Waals surface area contributed by atoms with Crippen molar-refractivity contribution >= 4 is 11.9 Å². The van der Waals surface area contributed by atoms with Crippen molar-refractivity contribution in [3.63, 3.8) is 0 Å². The maximum atomic E-state index is 13.4. The van der Waals surface area contributed by atoms with Crippen molar-refractivity contribution in [1.82, 2.24) is 10.2 Å². The van der Waals surface area contributed by atoms with Crippen LogP contribution in [0.5, 0.6) is 0 Å². The van der Waals surface area contributed by atoms with E-state index in [2.05, 4.69) is 5.32 Å². The molecule has 2 unspecified atom stereocenters. The van der Waals surface area contributed by atoms with Crippen LogP contribution in [0.15, 0.2) is 60.7 Å². The first-order valence-corrected chi connectivity index (χ1v) is 9.92. The van der Waals surface area contributed by atoms with Crippen LogP contribution in [0.3, 0.4) is 0 Å². The number of hydrogen-bond donors (Lipinski definition) is 1. The molecule has 2 aromatic carbocycles. The Labute approximate surface area is 165 Å². The number of ether oxygens (including phenoxy) is 1. The zero-order valence-corrected chi connectivity index (χ0v) is 16.2. The largest absolute Gasteiger partial charge is 0.459 e. The molecule has 0 spiro atoms. The quantitative estimate of drug-likeness (QED) is 0.785. The minimum Gasteiger partial charge on any atom is -0.459 e. The van der Waals surface area contributed by atoms with E-state index in [1.165, 1.54) is 0 Å². The van der Waals surface area contributed by atoms with Crippen molar-refractivity contribution in [2.24, 2.45) is 0 Å². The predicted octanol–water partition coefficient (Wildman–Crippen LogP) is 3.00. The Morgan fingerprint density at radius 3 is 2.36 bits per heavy atom. The number of fused-ring (bicyclic) bond motifs is 3. The number of nitrogens with one attached hydrogen (secondary N) is 1. The highest BCUT2D eigenvalue weighted by Gasteiger charge is 2.58. The van der Waals surface area contributed by atoms with Crippen LogP contribution in [0, 0.1) is 0 Å². The molecule has 0 radical (unpaired) electrons. The maximum Gasteiger partial charge on any atom is 0.326 e. The molecule has 28 heavy (non-hydrogen) atoms. The summed E-state index contributed by atoms with van der Waals surface area (Å²) >= 11 is 0. The third-order valence-corrected chi connectivity index (χ3v) is 6.30. The van der Waals surface area contributed by atoms with E-state index >= 15 is 0 Å². The van der Waals surface area contributed by atoms with Crippen molar-refractivity contribution in [2.75, 3.05) is 13.1 Å². The second-order valence-corrected chi connectivity index (χ2v) is 7.72. The van der Waals surface area contributed by atoms with Gasteiger partial charge in [-0.25, -0.2) is 0 Å². The van der Waals surface area contributed by atoms with Gasteiger partial charge >= 0.3 is 5.97 Å². The molecule has 0 aromatic heterocycles. The molecular formula is C23H26N2O3. The molecule has 3 aliphatic heterocycles. The van der Waals surface area contributed by atoms with Gasteiger partial charge in [-0.05, 0) is 30.4 Å². The van der Waals surface area contributed by atoms with Crippen LogP contribution in [-0.4, -0.2) is 35.4 Å². The first-order valence-electron chi connectivity index (χ1n) is 9.92. The lowest BCUT2D eigenvalue weighted by atomic mass is 9.68. The first-order chi connectivity index (χ1) is 13.6. The first kappa shape index (κ1) is 18.7. The van der Waals surface area contributed by atoms with E-state index in [1.54, 1.807) is 4.90 Å². The Balaban J connectivity index is 1.57. The van der Waals surface area contributed by atoms with Crippen LogP contribution in [0.25, 0.3) is 0 Å². The Morgan fingerprint density at radius 2 is 1.75 bits per heavy atom. The lowest BCUT2D eigenvalue weighted by Crippen LogP contribution is -2.76. The van der Waals surface area contributed by atoms with Crippen LogP contribution in [0.1, 0.15) is 37.3 Å². The molecule has 5 rings (SSSR count). The van der Waals surface area contributed by atoms with Crippen LogP contribution in [0.2, 0.25) is 0 Å². The summed E-state index contributed by atoms with van der Waals surface area (Å²) in [5, 5.41) is 3.49. The summed E-state index contributed by atoms with van der Waals surface area (Å²) in [6.07, 6.45) is 2.34. The summed E-state index contributed by atoms with van der Waals surface area (Å²) in [7, 11) is 0. The highest BCUT2D eigenvalue weighted by Crippen LogP contribution is 2.46. The zero-order valence-electron chi connectivity index (χ0n) is 16.2. The summed E-state index contributed by atoms with van der Waals surface area (Å²) in [5.41, 5.74) is 0.944. The lowest BCUT2D eigenvalue weighted by molar-refractivity contribution is -0.170. The number of carbonyl (C=O) groups is 2. The van der Waals surface area contributed by atoms with Gasteiger partial charge in [-0.1, -0.05) is 67.6 Å². The van der Waals surface area contributed by atoms with E-state index in [0.29, 0.717) is 13.0 Å². The molecule has 1 N–H and O–H groups in total. The van der Waals surface area contributed by atoms with Gasteiger partial charge in [0.1, 0.15) is 13.2 Å². The fourth-order valence-electron chi connectivity index (χ4n) is 4.52.